The van der Waals surface area contributed by atoms with Crippen LogP contribution in [0.15, 0.2) is 18.2 Å². The number of rotatable bonds is 2. The highest BCUT2D eigenvalue weighted by atomic mass is 16.5. The Bertz CT molecular complexity index is 387. The van der Waals surface area contributed by atoms with E-state index in [-0.39, 0.29) is 5.78 Å². The van der Waals surface area contributed by atoms with Crippen LogP contribution in [0.25, 0.3) is 0 Å². The largest absolute Gasteiger partial charge is 0.494 e. The molecular weight excluding hydrogens is 190 g/mol. The first kappa shape index (κ1) is 10.0. The van der Waals surface area contributed by atoms with Crippen molar-refractivity contribution in [3.63, 3.8) is 0 Å². The summed E-state index contributed by atoms with van der Waals surface area (Å²) in [5.74, 6) is 0.990. The molecule has 0 unspecified atom stereocenters. The van der Waals surface area contributed by atoms with Crippen molar-refractivity contribution in [3.8, 4) is 5.75 Å². The van der Waals surface area contributed by atoms with Gasteiger partial charge in [0.05, 0.1) is 6.61 Å². The van der Waals surface area contributed by atoms with Gasteiger partial charge >= 0.3 is 0 Å². The van der Waals surface area contributed by atoms with Crippen LogP contribution in [0.4, 0.5) is 5.69 Å². The lowest BCUT2D eigenvalue weighted by atomic mass is 10.0. The van der Waals surface area contributed by atoms with Gasteiger partial charge in [-0.3, -0.25) is 4.79 Å². The Labute approximate surface area is 89.7 Å². The van der Waals surface area contributed by atoms with E-state index >= 15 is 0 Å². The van der Waals surface area contributed by atoms with Gasteiger partial charge in [0.1, 0.15) is 5.75 Å². The van der Waals surface area contributed by atoms with Crippen LogP contribution >= 0.6 is 0 Å². The molecule has 1 aliphatic rings. The van der Waals surface area contributed by atoms with Crippen LogP contribution in [0.3, 0.4) is 0 Å². The quantitative estimate of drug-likeness (QED) is 0.740. The maximum Gasteiger partial charge on any atom is 0.166 e. The third-order valence-corrected chi connectivity index (χ3v) is 2.66. The molecule has 0 N–H and O–H groups in total. The predicted octanol–water partition coefficient (Wildman–Crippen LogP) is 2.11. The van der Waals surface area contributed by atoms with Crippen LogP contribution in [0.5, 0.6) is 5.75 Å². The average molecular weight is 205 g/mol. The van der Waals surface area contributed by atoms with E-state index in [2.05, 4.69) is 4.90 Å². The first-order valence-corrected chi connectivity index (χ1v) is 5.23. The summed E-state index contributed by atoms with van der Waals surface area (Å²) in [5.41, 5.74) is 1.80. The molecule has 1 heterocycles. The molecule has 0 aliphatic carbocycles. The molecule has 0 spiro atoms. The number of carbonyl (C=O) groups is 1. The third-order valence-electron chi connectivity index (χ3n) is 2.66. The third kappa shape index (κ3) is 1.82. The number of hydrogen-bond acceptors (Lipinski definition) is 3. The summed E-state index contributed by atoms with van der Waals surface area (Å²) in [6.07, 6.45) is 0.596. The molecule has 1 aromatic carbocycles. The summed E-state index contributed by atoms with van der Waals surface area (Å²) in [4.78, 5) is 13.8. The smallest absolute Gasteiger partial charge is 0.166 e. The molecule has 0 aromatic heterocycles. The van der Waals surface area contributed by atoms with Crippen LogP contribution in [0.2, 0.25) is 0 Å². The maximum absolute atomic E-state index is 11.7. The van der Waals surface area contributed by atoms with E-state index in [0.29, 0.717) is 13.0 Å². The zero-order valence-electron chi connectivity index (χ0n) is 9.12. The summed E-state index contributed by atoms with van der Waals surface area (Å²) in [6, 6.07) is 5.71. The molecule has 80 valence electrons. The monoisotopic (exact) mass is 205 g/mol. The predicted molar refractivity (Wildman–Crippen MR) is 59.8 cm³/mol. The lowest BCUT2D eigenvalue weighted by molar-refractivity contribution is 0.0980. The van der Waals surface area contributed by atoms with Gasteiger partial charge < -0.3 is 9.64 Å². The molecule has 3 nitrogen and oxygen atoms in total. The molecular formula is C12H15NO2. The van der Waals surface area contributed by atoms with Crippen molar-refractivity contribution in [2.24, 2.45) is 0 Å². The van der Waals surface area contributed by atoms with E-state index in [1.165, 1.54) is 0 Å². The second-order valence-electron chi connectivity index (χ2n) is 3.71. The summed E-state index contributed by atoms with van der Waals surface area (Å²) in [6.45, 7) is 3.37. The number of carbonyl (C=O) groups excluding carboxylic acids is 1. The van der Waals surface area contributed by atoms with Gasteiger partial charge in [0.15, 0.2) is 5.78 Å². The number of fused-ring (bicyclic) bond motifs is 1. The van der Waals surface area contributed by atoms with Gasteiger partial charge in [-0.2, -0.15) is 0 Å². The zero-order chi connectivity index (χ0) is 10.8. The molecule has 1 aromatic rings. The molecule has 0 atom stereocenters. The Morgan fingerprint density at radius 3 is 3.00 bits per heavy atom. The van der Waals surface area contributed by atoms with Crippen LogP contribution in [-0.2, 0) is 0 Å². The van der Waals surface area contributed by atoms with E-state index in [4.69, 9.17) is 4.74 Å². The highest BCUT2D eigenvalue weighted by Gasteiger charge is 2.20. The van der Waals surface area contributed by atoms with Crippen molar-refractivity contribution in [3.05, 3.63) is 23.8 Å². The van der Waals surface area contributed by atoms with Gasteiger partial charge in [-0.1, -0.05) is 0 Å². The summed E-state index contributed by atoms with van der Waals surface area (Å²) < 4.78 is 5.38. The normalized spacial score (nSPS) is 15.1. The van der Waals surface area contributed by atoms with Crippen molar-refractivity contribution in [1.82, 2.24) is 0 Å². The van der Waals surface area contributed by atoms with Crippen molar-refractivity contribution in [2.45, 2.75) is 13.3 Å². The average Bonchev–Trinajstić information content (AvgIpc) is 2.24. The Balaban J connectivity index is 2.40. The molecule has 0 saturated heterocycles. The van der Waals surface area contributed by atoms with E-state index in [9.17, 15) is 4.79 Å². The van der Waals surface area contributed by atoms with E-state index in [0.717, 1.165) is 23.5 Å². The first-order valence-electron chi connectivity index (χ1n) is 5.23. The minimum atomic E-state index is 0.213. The fraction of sp³-hybridized carbons (Fsp3) is 0.417. The highest BCUT2D eigenvalue weighted by Crippen LogP contribution is 2.29. The minimum Gasteiger partial charge on any atom is -0.494 e. The highest BCUT2D eigenvalue weighted by molar-refractivity contribution is 6.03. The van der Waals surface area contributed by atoms with Gasteiger partial charge in [-0.05, 0) is 25.1 Å². The topological polar surface area (TPSA) is 29.5 Å². The molecule has 15 heavy (non-hydrogen) atoms. The number of ketones is 1. The molecule has 1 aliphatic heterocycles. The molecule has 2 rings (SSSR count). The van der Waals surface area contributed by atoms with Crippen LogP contribution in [-0.4, -0.2) is 26.0 Å². The van der Waals surface area contributed by atoms with E-state index < -0.39 is 0 Å². The number of hydrogen-bond donors (Lipinski definition) is 0. The van der Waals surface area contributed by atoms with Gasteiger partial charge in [0, 0.05) is 31.3 Å². The Morgan fingerprint density at radius 1 is 1.47 bits per heavy atom. The van der Waals surface area contributed by atoms with Crippen molar-refractivity contribution in [2.75, 3.05) is 25.1 Å². The lowest BCUT2D eigenvalue weighted by Crippen LogP contribution is -2.28. The number of benzene rings is 1. The standard InChI is InChI=1S/C12H15NO2/c1-3-15-9-4-5-11-10(8-9)12(14)6-7-13(11)2/h4-5,8H,3,6-7H2,1-2H3. The first-order chi connectivity index (χ1) is 7.22. The van der Waals surface area contributed by atoms with E-state index in [1.54, 1.807) is 0 Å². The summed E-state index contributed by atoms with van der Waals surface area (Å²) >= 11 is 0. The fourth-order valence-corrected chi connectivity index (χ4v) is 1.85. The van der Waals surface area contributed by atoms with Crippen LogP contribution in [0, 0.1) is 0 Å². The molecule has 0 saturated carbocycles. The van der Waals surface area contributed by atoms with Gasteiger partial charge in [-0.25, -0.2) is 0 Å². The van der Waals surface area contributed by atoms with Gasteiger partial charge in [0.2, 0.25) is 0 Å². The van der Waals surface area contributed by atoms with Crippen LogP contribution in [0.1, 0.15) is 23.7 Å². The molecule has 0 radical (unpaired) electrons. The number of ether oxygens (including phenoxy) is 1. The SMILES string of the molecule is CCOc1ccc2c(c1)C(=O)CCN2C. The van der Waals surface area contributed by atoms with Crippen molar-refractivity contribution in [1.29, 1.82) is 0 Å². The number of Topliss-reactive ketones (excluding diaryl/α,β-unsaturated/α-hetero) is 1. The maximum atomic E-state index is 11.7. The second-order valence-corrected chi connectivity index (χ2v) is 3.71. The second kappa shape index (κ2) is 3.93. The minimum absolute atomic E-state index is 0.213. The number of anilines is 1. The molecule has 0 bridgehead atoms. The molecule has 0 amide bonds. The fourth-order valence-electron chi connectivity index (χ4n) is 1.85. The molecule has 3 heteroatoms. The summed E-state index contributed by atoms with van der Waals surface area (Å²) in [5, 5.41) is 0. The zero-order valence-corrected chi connectivity index (χ0v) is 9.12. The Hall–Kier alpha value is -1.51. The summed E-state index contributed by atoms with van der Waals surface area (Å²) in [7, 11) is 2.01. The van der Waals surface area contributed by atoms with Gasteiger partial charge in [0.25, 0.3) is 0 Å². The van der Waals surface area contributed by atoms with E-state index in [1.807, 2.05) is 32.2 Å². The number of nitrogens with zero attached hydrogens (tertiary/aromatic N) is 1. The van der Waals surface area contributed by atoms with Crippen molar-refractivity contribution >= 4 is 11.5 Å². The van der Waals surface area contributed by atoms with Crippen LogP contribution < -0.4 is 9.64 Å². The Kier molecular flexibility index (Phi) is 2.62. The molecule has 0 fully saturated rings. The Morgan fingerprint density at radius 2 is 2.27 bits per heavy atom. The van der Waals surface area contributed by atoms with Gasteiger partial charge in [-0.15, -0.1) is 0 Å². The lowest BCUT2D eigenvalue weighted by Gasteiger charge is -2.26. The van der Waals surface area contributed by atoms with Crippen molar-refractivity contribution < 1.29 is 9.53 Å².